The summed E-state index contributed by atoms with van der Waals surface area (Å²) in [6.07, 6.45) is 0. The number of nitrogens with zero attached hydrogens (tertiary/aromatic N) is 1. The van der Waals surface area contributed by atoms with E-state index in [0.29, 0.717) is 17.3 Å². The van der Waals surface area contributed by atoms with Crippen molar-refractivity contribution in [3.63, 3.8) is 0 Å². The average Bonchev–Trinajstić information content (AvgIpc) is 2.65. The largest absolute Gasteiger partial charge is 0.444 e. The van der Waals surface area contributed by atoms with Crippen molar-refractivity contribution in [3.8, 4) is 0 Å². The molecule has 0 atom stereocenters. The van der Waals surface area contributed by atoms with E-state index in [1.54, 1.807) is 19.9 Å². The highest BCUT2D eigenvalue weighted by atomic mass is 32.2. The maximum atomic E-state index is 12.0. The number of aromatic nitrogens is 1. The third-order valence-corrected chi connectivity index (χ3v) is 4.19. The summed E-state index contributed by atoms with van der Waals surface area (Å²) >= 11 is 0. The minimum absolute atomic E-state index is 0.0408. The van der Waals surface area contributed by atoms with Crippen molar-refractivity contribution < 1.29 is 12.8 Å². The molecule has 0 fully saturated rings. The fourth-order valence-corrected chi connectivity index (χ4v) is 3.06. The number of hydrogen-bond donors (Lipinski definition) is 1. The van der Waals surface area contributed by atoms with Crippen LogP contribution in [0.5, 0.6) is 0 Å². The number of nitrogens with one attached hydrogen (secondary N) is 1. The number of sulfonamides is 1. The quantitative estimate of drug-likeness (QED) is 0.917. The molecule has 2 aromatic rings. The Labute approximate surface area is 119 Å². The van der Waals surface area contributed by atoms with Gasteiger partial charge in [0.05, 0.1) is 18.0 Å². The Bertz CT molecular complexity index is 705. The second-order valence-electron chi connectivity index (χ2n) is 4.81. The molecule has 0 saturated heterocycles. The van der Waals surface area contributed by atoms with Gasteiger partial charge in [0.25, 0.3) is 0 Å². The second kappa shape index (κ2) is 5.76. The third-order valence-electron chi connectivity index (χ3n) is 2.89. The highest BCUT2D eigenvalue weighted by molar-refractivity contribution is 7.88. The first kappa shape index (κ1) is 14.7. The third kappa shape index (κ3) is 3.91. The number of benzene rings is 1. The Morgan fingerprint density at radius 2 is 2.00 bits per heavy atom. The van der Waals surface area contributed by atoms with Crippen LogP contribution in [0.25, 0.3) is 0 Å². The van der Waals surface area contributed by atoms with E-state index in [4.69, 9.17) is 4.42 Å². The van der Waals surface area contributed by atoms with Crippen LogP contribution in [0.1, 0.15) is 28.5 Å². The lowest BCUT2D eigenvalue weighted by Crippen LogP contribution is -2.24. The van der Waals surface area contributed by atoms with Crippen LogP contribution in [0.3, 0.4) is 0 Å². The molecule has 1 aromatic heterocycles. The van der Waals surface area contributed by atoms with Gasteiger partial charge < -0.3 is 4.42 Å². The van der Waals surface area contributed by atoms with Gasteiger partial charge in [-0.15, -0.1) is 0 Å². The summed E-state index contributed by atoms with van der Waals surface area (Å²) in [5.41, 5.74) is 2.52. The van der Waals surface area contributed by atoms with Gasteiger partial charge in [0, 0.05) is 6.92 Å². The predicted octanol–water partition coefficient (Wildman–Crippen LogP) is 2.22. The maximum absolute atomic E-state index is 12.0. The summed E-state index contributed by atoms with van der Waals surface area (Å²) in [5.74, 6) is 1.05. The van der Waals surface area contributed by atoms with Crippen molar-refractivity contribution in [2.75, 3.05) is 0 Å². The number of hydrogen-bond acceptors (Lipinski definition) is 4. The van der Waals surface area contributed by atoms with Crippen LogP contribution >= 0.6 is 0 Å². The molecule has 0 unspecified atom stereocenters. The number of rotatable bonds is 5. The van der Waals surface area contributed by atoms with E-state index >= 15 is 0 Å². The molecule has 0 aliphatic heterocycles. The molecule has 6 heteroatoms. The van der Waals surface area contributed by atoms with Gasteiger partial charge in [0.2, 0.25) is 10.0 Å². The Hall–Kier alpha value is -1.66. The second-order valence-corrected chi connectivity index (χ2v) is 6.62. The van der Waals surface area contributed by atoms with E-state index in [-0.39, 0.29) is 12.3 Å². The summed E-state index contributed by atoms with van der Waals surface area (Å²) in [6.45, 7) is 5.59. The number of oxazole rings is 1. The smallest absolute Gasteiger partial charge is 0.216 e. The van der Waals surface area contributed by atoms with Gasteiger partial charge in [-0.25, -0.2) is 18.1 Å². The SMILES string of the molecule is Cc1cccc(CS(=O)(=O)NCc2oc(C)nc2C)c1. The van der Waals surface area contributed by atoms with Gasteiger partial charge in [0.1, 0.15) is 5.76 Å². The highest BCUT2D eigenvalue weighted by Gasteiger charge is 2.14. The Kier molecular flexibility index (Phi) is 4.25. The summed E-state index contributed by atoms with van der Waals surface area (Å²) in [5, 5.41) is 0. The molecule has 0 aliphatic carbocycles. The molecule has 0 radical (unpaired) electrons. The van der Waals surface area contributed by atoms with Crippen LogP contribution < -0.4 is 4.72 Å². The van der Waals surface area contributed by atoms with E-state index in [1.165, 1.54) is 0 Å². The monoisotopic (exact) mass is 294 g/mol. The Morgan fingerprint density at radius 3 is 2.60 bits per heavy atom. The zero-order chi connectivity index (χ0) is 14.8. The van der Waals surface area contributed by atoms with E-state index in [2.05, 4.69) is 9.71 Å². The molecule has 20 heavy (non-hydrogen) atoms. The highest BCUT2D eigenvalue weighted by Crippen LogP contribution is 2.11. The van der Waals surface area contributed by atoms with Crippen molar-refractivity contribution >= 4 is 10.0 Å². The lowest BCUT2D eigenvalue weighted by atomic mass is 10.2. The molecule has 2 rings (SSSR count). The zero-order valence-electron chi connectivity index (χ0n) is 11.8. The van der Waals surface area contributed by atoms with E-state index in [9.17, 15) is 8.42 Å². The minimum Gasteiger partial charge on any atom is -0.444 e. The Morgan fingerprint density at radius 1 is 1.25 bits per heavy atom. The maximum Gasteiger partial charge on any atom is 0.216 e. The number of aryl methyl sites for hydroxylation is 3. The average molecular weight is 294 g/mol. The molecule has 0 amide bonds. The van der Waals surface area contributed by atoms with Crippen LogP contribution in [0, 0.1) is 20.8 Å². The molecule has 0 bridgehead atoms. The molecule has 1 heterocycles. The van der Waals surface area contributed by atoms with Crippen molar-refractivity contribution in [1.29, 1.82) is 0 Å². The van der Waals surface area contributed by atoms with E-state index in [0.717, 1.165) is 11.1 Å². The molecule has 108 valence electrons. The topological polar surface area (TPSA) is 72.2 Å². The summed E-state index contributed by atoms with van der Waals surface area (Å²) in [6, 6.07) is 7.45. The first-order valence-electron chi connectivity index (χ1n) is 6.31. The summed E-state index contributed by atoms with van der Waals surface area (Å²) in [7, 11) is -3.39. The molecule has 0 saturated carbocycles. The summed E-state index contributed by atoms with van der Waals surface area (Å²) in [4.78, 5) is 4.11. The lowest BCUT2D eigenvalue weighted by Gasteiger charge is -2.06. The summed E-state index contributed by atoms with van der Waals surface area (Å²) < 4.78 is 31.9. The first-order chi connectivity index (χ1) is 9.35. The molecular weight excluding hydrogens is 276 g/mol. The van der Waals surface area contributed by atoms with Gasteiger partial charge >= 0.3 is 0 Å². The Balaban J connectivity index is 2.03. The zero-order valence-corrected chi connectivity index (χ0v) is 12.6. The standard InChI is InChI=1S/C14H18N2O3S/c1-10-5-4-6-13(7-10)9-20(17,18)15-8-14-11(2)16-12(3)19-14/h4-7,15H,8-9H2,1-3H3. The van der Waals surface area contributed by atoms with Crippen LogP contribution in [0.4, 0.5) is 0 Å². The predicted molar refractivity (Wildman–Crippen MR) is 76.6 cm³/mol. The molecule has 1 aromatic carbocycles. The normalized spacial score (nSPS) is 11.8. The first-order valence-corrected chi connectivity index (χ1v) is 7.97. The molecule has 0 spiro atoms. The van der Waals surface area contributed by atoms with Gasteiger partial charge in [-0.05, 0) is 19.4 Å². The van der Waals surface area contributed by atoms with Crippen molar-refractivity contribution in [2.24, 2.45) is 0 Å². The van der Waals surface area contributed by atoms with Crippen LogP contribution in [0.15, 0.2) is 28.7 Å². The van der Waals surface area contributed by atoms with Gasteiger partial charge in [-0.3, -0.25) is 0 Å². The lowest BCUT2D eigenvalue weighted by molar-refractivity contribution is 0.466. The fraction of sp³-hybridized carbons (Fsp3) is 0.357. The molecule has 0 aliphatic rings. The van der Waals surface area contributed by atoms with Crippen LogP contribution in [-0.4, -0.2) is 13.4 Å². The van der Waals surface area contributed by atoms with Gasteiger partial charge in [0.15, 0.2) is 5.89 Å². The molecule has 5 nitrogen and oxygen atoms in total. The van der Waals surface area contributed by atoms with Gasteiger partial charge in [-0.2, -0.15) is 0 Å². The van der Waals surface area contributed by atoms with Crippen molar-refractivity contribution in [2.45, 2.75) is 33.1 Å². The fourth-order valence-electron chi connectivity index (χ4n) is 1.99. The van der Waals surface area contributed by atoms with Crippen LogP contribution in [0.2, 0.25) is 0 Å². The minimum atomic E-state index is -3.39. The van der Waals surface area contributed by atoms with Crippen molar-refractivity contribution in [1.82, 2.24) is 9.71 Å². The van der Waals surface area contributed by atoms with Crippen LogP contribution in [-0.2, 0) is 22.3 Å². The molecular formula is C14H18N2O3S. The van der Waals surface area contributed by atoms with E-state index in [1.807, 2.05) is 25.1 Å². The van der Waals surface area contributed by atoms with Crippen molar-refractivity contribution in [3.05, 3.63) is 52.7 Å². The molecule has 1 N–H and O–H groups in total. The van der Waals surface area contributed by atoms with E-state index < -0.39 is 10.0 Å². The van der Waals surface area contributed by atoms with Gasteiger partial charge in [-0.1, -0.05) is 29.8 Å².